The van der Waals surface area contributed by atoms with E-state index in [4.69, 9.17) is 4.98 Å². The van der Waals surface area contributed by atoms with E-state index in [2.05, 4.69) is 57.3 Å². The Kier molecular flexibility index (Phi) is 6.66. The van der Waals surface area contributed by atoms with Gasteiger partial charge in [0.2, 0.25) is 0 Å². The second-order valence-corrected chi connectivity index (χ2v) is 5.99. The molecule has 1 aromatic heterocycles. The molecule has 108 valence electrons. The van der Waals surface area contributed by atoms with Gasteiger partial charge in [0.1, 0.15) is 5.82 Å². The molecule has 0 aromatic carbocycles. The number of pyridine rings is 1. The lowest BCUT2D eigenvalue weighted by Crippen LogP contribution is -2.33. The van der Waals surface area contributed by atoms with Gasteiger partial charge in [0.15, 0.2) is 0 Å². The molecule has 0 fully saturated rings. The fourth-order valence-electron chi connectivity index (χ4n) is 2.17. The first-order valence-electron chi connectivity index (χ1n) is 6.90. The predicted octanol–water partition coefficient (Wildman–Crippen LogP) is 3.00. The maximum Gasteiger partial charge on any atom is 0.133 e. The monoisotopic (exact) mass is 281 g/mol. The molecule has 1 heterocycles. The number of rotatable bonds is 7. The van der Waals surface area contributed by atoms with E-state index < -0.39 is 0 Å². The summed E-state index contributed by atoms with van der Waals surface area (Å²) in [5.41, 5.74) is 3.74. The van der Waals surface area contributed by atoms with E-state index in [0.717, 1.165) is 30.4 Å². The van der Waals surface area contributed by atoms with Gasteiger partial charge in [-0.1, -0.05) is 6.92 Å². The third-order valence-corrected chi connectivity index (χ3v) is 4.22. The number of nitrogens with zero attached hydrogens (tertiary/aromatic N) is 2. The average molecular weight is 281 g/mol. The van der Waals surface area contributed by atoms with Crippen molar-refractivity contribution in [1.82, 2.24) is 10.3 Å². The van der Waals surface area contributed by atoms with Crippen molar-refractivity contribution in [2.45, 2.75) is 40.3 Å². The summed E-state index contributed by atoms with van der Waals surface area (Å²) >= 11 is 1.88. The highest BCUT2D eigenvalue weighted by Gasteiger charge is 2.16. The molecule has 4 heteroatoms. The maximum absolute atomic E-state index is 4.77. The summed E-state index contributed by atoms with van der Waals surface area (Å²) in [7, 11) is 2.15. The molecule has 3 nitrogen and oxygen atoms in total. The molecule has 0 amide bonds. The molecule has 0 radical (unpaired) electrons. The van der Waals surface area contributed by atoms with Crippen molar-refractivity contribution in [2.75, 3.05) is 30.5 Å². The number of anilines is 1. The molecule has 0 saturated carbocycles. The molecular formula is C15H27N3S. The Bertz CT molecular complexity index is 407. The van der Waals surface area contributed by atoms with Crippen molar-refractivity contribution in [2.24, 2.45) is 0 Å². The Labute approximate surface area is 122 Å². The van der Waals surface area contributed by atoms with Gasteiger partial charge in [0.05, 0.1) is 0 Å². The largest absolute Gasteiger partial charge is 0.356 e. The maximum atomic E-state index is 4.77. The molecule has 0 bridgehead atoms. The number of hydrogen-bond acceptors (Lipinski definition) is 4. The average Bonchev–Trinajstić information content (AvgIpc) is 2.36. The zero-order chi connectivity index (χ0) is 14.4. The molecular weight excluding hydrogens is 254 g/mol. The van der Waals surface area contributed by atoms with E-state index >= 15 is 0 Å². The van der Waals surface area contributed by atoms with Crippen LogP contribution in [0.25, 0.3) is 0 Å². The van der Waals surface area contributed by atoms with Gasteiger partial charge in [0.25, 0.3) is 0 Å². The van der Waals surface area contributed by atoms with E-state index in [1.807, 2.05) is 11.8 Å². The molecule has 0 saturated heterocycles. The van der Waals surface area contributed by atoms with Crippen molar-refractivity contribution in [1.29, 1.82) is 0 Å². The minimum Gasteiger partial charge on any atom is -0.356 e. The van der Waals surface area contributed by atoms with Crippen LogP contribution in [0.3, 0.4) is 0 Å². The van der Waals surface area contributed by atoms with Gasteiger partial charge in [-0.05, 0) is 45.2 Å². The number of thioether (sulfide) groups is 1. The molecule has 0 aliphatic heterocycles. The van der Waals surface area contributed by atoms with Gasteiger partial charge >= 0.3 is 0 Å². The normalized spacial score (nSPS) is 12.5. The summed E-state index contributed by atoms with van der Waals surface area (Å²) in [5.74, 6) is 2.24. The van der Waals surface area contributed by atoms with Gasteiger partial charge < -0.3 is 10.2 Å². The first-order valence-corrected chi connectivity index (χ1v) is 8.30. The van der Waals surface area contributed by atoms with Crippen LogP contribution in [-0.4, -0.2) is 36.6 Å². The van der Waals surface area contributed by atoms with Crippen LogP contribution < -0.4 is 10.2 Å². The minimum atomic E-state index is 0.490. The van der Waals surface area contributed by atoms with Crippen LogP contribution in [-0.2, 0) is 6.54 Å². The van der Waals surface area contributed by atoms with Crippen molar-refractivity contribution in [3.8, 4) is 0 Å². The number of aryl methyl sites for hydroxylation is 2. The van der Waals surface area contributed by atoms with E-state index in [-0.39, 0.29) is 0 Å². The second-order valence-electron chi connectivity index (χ2n) is 5.08. The summed E-state index contributed by atoms with van der Waals surface area (Å²) in [5, 5.41) is 3.42. The predicted molar refractivity (Wildman–Crippen MR) is 87.3 cm³/mol. The highest BCUT2D eigenvalue weighted by Crippen LogP contribution is 2.24. The Morgan fingerprint density at radius 1 is 1.42 bits per heavy atom. The molecule has 1 rings (SSSR count). The van der Waals surface area contributed by atoms with Gasteiger partial charge in [-0.2, -0.15) is 11.8 Å². The third kappa shape index (κ3) is 4.39. The Balaban J connectivity index is 3.08. The summed E-state index contributed by atoms with van der Waals surface area (Å²) in [6.07, 6.45) is 2.15. The van der Waals surface area contributed by atoms with Crippen molar-refractivity contribution in [3.05, 3.63) is 22.9 Å². The highest BCUT2D eigenvalue weighted by molar-refractivity contribution is 7.98. The van der Waals surface area contributed by atoms with Crippen LogP contribution in [0.1, 0.15) is 30.7 Å². The molecule has 1 atom stereocenters. The Morgan fingerprint density at radius 3 is 2.68 bits per heavy atom. The molecule has 1 unspecified atom stereocenters. The summed E-state index contributed by atoms with van der Waals surface area (Å²) in [4.78, 5) is 7.08. The zero-order valence-corrected chi connectivity index (χ0v) is 13.9. The van der Waals surface area contributed by atoms with Crippen LogP contribution in [0.5, 0.6) is 0 Å². The lowest BCUT2D eigenvalue weighted by Gasteiger charge is -2.28. The minimum absolute atomic E-state index is 0.490. The van der Waals surface area contributed by atoms with Crippen LogP contribution in [0.2, 0.25) is 0 Å². The quantitative estimate of drug-likeness (QED) is 0.831. The molecule has 0 spiro atoms. The fraction of sp³-hybridized carbons (Fsp3) is 0.667. The molecule has 19 heavy (non-hydrogen) atoms. The first kappa shape index (κ1) is 16.3. The van der Waals surface area contributed by atoms with E-state index in [1.54, 1.807) is 0 Å². The standard InChI is InChI=1S/C15H27N3S/c1-7-16-9-14-11(2)8-12(3)17-15(14)18(5)13(4)10-19-6/h8,13,16H,7,9-10H2,1-6H3. The van der Waals surface area contributed by atoms with Crippen molar-refractivity contribution >= 4 is 17.6 Å². The number of nitrogens with one attached hydrogen (secondary N) is 1. The van der Waals surface area contributed by atoms with Gasteiger partial charge in [0, 0.05) is 36.6 Å². The fourth-order valence-corrected chi connectivity index (χ4v) is 2.87. The first-order chi connectivity index (χ1) is 9.01. The Morgan fingerprint density at radius 2 is 2.11 bits per heavy atom. The van der Waals surface area contributed by atoms with Crippen LogP contribution in [0.4, 0.5) is 5.82 Å². The van der Waals surface area contributed by atoms with Gasteiger partial charge in [-0.25, -0.2) is 4.98 Å². The smallest absolute Gasteiger partial charge is 0.133 e. The van der Waals surface area contributed by atoms with Crippen molar-refractivity contribution in [3.63, 3.8) is 0 Å². The molecule has 0 aliphatic rings. The SMILES string of the molecule is CCNCc1c(C)cc(C)nc1N(C)C(C)CSC. The van der Waals surface area contributed by atoms with Crippen LogP contribution in [0, 0.1) is 13.8 Å². The number of hydrogen-bond donors (Lipinski definition) is 1. The van der Waals surface area contributed by atoms with Crippen LogP contribution >= 0.6 is 11.8 Å². The van der Waals surface area contributed by atoms with Gasteiger partial charge in [-0.3, -0.25) is 0 Å². The third-order valence-electron chi connectivity index (χ3n) is 3.41. The van der Waals surface area contributed by atoms with E-state index in [9.17, 15) is 0 Å². The Hall–Kier alpha value is -0.740. The molecule has 1 N–H and O–H groups in total. The van der Waals surface area contributed by atoms with Gasteiger partial charge in [-0.15, -0.1) is 0 Å². The summed E-state index contributed by atoms with van der Waals surface area (Å²) in [6, 6.07) is 2.66. The lowest BCUT2D eigenvalue weighted by molar-refractivity contribution is 0.699. The summed E-state index contributed by atoms with van der Waals surface area (Å²) in [6.45, 7) is 10.5. The van der Waals surface area contributed by atoms with E-state index in [0.29, 0.717) is 6.04 Å². The van der Waals surface area contributed by atoms with Crippen LogP contribution in [0.15, 0.2) is 6.07 Å². The topological polar surface area (TPSA) is 28.2 Å². The molecule has 0 aliphatic carbocycles. The van der Waals surface area contributed by atoms with Crippen molar-refractivity contribution < 1.29 is 0 Å². The molecule has 1 aromatic rings. The number of aromatic nitrogens is 1. The lowest BCUT2D eigenvalue weighted by atomic mass is 10.1. The summed E-state index contributed by atoms with van der Waals surface area (Å²) < 4.78 is 0. The zero-order valence-electron chi connectivity index (χ0n) is 13.1. The second kappa shape index (κ2) is 7.75. The van der Waals surface area contributed by atoms with E-state index in [1.165, 1.54) is 11.1 Å². The highest BCUT2D eigenvalue weighted by atomic mass is 32.2.